The van der Waals surface area contributed by atoms with Crippen molar-refractivity contribution in [2.45, 2.75) is 264 Å². The van der Waals surface area contributed by atoms with E-state index in [4.69, 9.17) is 14.2 Å². The lowest BCUT2D eigenvalue weighted by Crippen LogP contribution is -2.20. The molecule has 352 valence electrons. The van der Waals surface area contributed by atoms with Crippen LogP contribution in [0, 0.1) is 0 Å². The summed E-state index contributed by atoms with van der Waals surface area (Å²) < 4.78 is 16.6. The monoisotopic (exact) mass is 846 g/mol. The number of carbonyl (C=O) groups is 3. The molecule has 0 aliphatic rings. The van der Waals surface area contributed by atoms with Crippen molar-refractivity contribution in [3.63, 3.8) is 0 Å². The summed E-state index contributed by atoms with van der Waals surface area (Å²) in [4.78, 5) is 38.2. The molecule has 0 heterocycles. The molecule has 0 aromatic heterocycles. The number of allylic oxidation sites excluding steroid dienone is 4. The number of nitrogens with zero attached hydrogens (tertiary/aromatic N) is 1. The smallest absolute Gasteiger partial charge is 0.306 e. The van der Waals surface area contributed by atoms with Crippen LogP contribution in [0.25, 0.3) is 0 Å². The van der Waals surface area contributed by atoms with Gasteiger partial charge in [0.1, 0.15) is 6.10 Å². The number of hydrogen-bond acceptors (Lipinski definition) is 7. The molecule has 0 rings (SSSR count). The fourth-order valence-corrected chi connectivity index (χ4v) is 7.54. The molecule has 0 aromatic rings. The van der Waals surface area contributed by atoms with Gasteiger partial charge in [-0.2, -0.15) is 0 Å². The van der Waals surface area contributed by atoms with Crippen molar-refractivity contribution < 1.29 is 28.6 Å². The standard InChI is InChI=1S/C53H99NO6/c1-5-7-39-48-58-51(55)44-37-33-29-25-21-17-13-9-11-15-19-23-27-31-35-42-50(60-53(57)46-41-47-54(3)4)43-36-32-28-24-20-16-12-10-14-18-22-26-30-34-38-45-52(56)59-49-40-8-6-2/h9-10,13-14,50H,5-8,11-12,15-49H2,1-4H3/b13-9-,14-10-. The fraction of sp³-hybridized carbons (Fsp3) is 0.868. The number of esters is 3. The Balaban J connectivity index is 3.90. The summed E-state index contributed by atoms with van der Waals surface area (Å²) in [7, 11) is 4.11. The largest absolute Gasteiger partial charge is 0.466 e. The molecule has 0 aliphatic heterocycles. The molecule has 60 heavy (non-hydrogen) atoms. The molecule has 0 radical (unpaired) electrons. The minimum atomic E-state index is -0.0215. The van der Waals surface area contributed by atoms with Crippen molar-refractivity contribution in [1.82, 2.24) is 4.90 Å². The van der Waals surface area contributed by atoms with Crippen molar-refractivity contribution in [3.8, 4) is 0 Å². The summed E-state index contributed by atoms with van der Waals surface area (Å²) in [6.45, 7) is 6.42. The van der Waals surface area contributed by atoms with Gasteiger partial charge in [-0.3, -0.25) is 14.4 Å². The van der Waals surface area contributed by atoms with Crippen LogP contribution in [0.1, 0.15) is 258 Å². The van der Waals surface area contributed by atoms with E-state index in [-0.39, 0.29) is 24.0 Å². The van der Waals surface area contributed by atoms with Crippen molar-refractivity contribution in [2.75, 3.05) is 33.9 Å². The van der Waals surface area contributed by atoms with Crippen LogP contribution in [0.4, 0.5) is 0 Å². The highest BCUT2D eigenvalue weighted by atomic mass is 16.5. The highest BCUT2D eigenvalue weighted by Crippen LogP contribution is 2.19. The number of ether oxygens (including phenoxy) is 3. The van der Waals surface area contributed by atoms with Crippen molar-refractivity contribution >= 4 is 17.9 Å². The van der Waals surface area contributed by atoms with E-state index in [9.17, 15) is 14.4 Å². The van der Waals surface area contributed by atoms with Crippen LogP contribution >= 0.6 is 0 Å². The molecule has 0 unspecified atom stereocenters. The van der Waals surface area contributed by atoms with Crippen LogP contribution in [0.5, 0.6) is 0 Å². The van der Waals surface area contributed by atoms with Crippen LogP contribution in [-0.4, -0.2) is 62.8 Å². The van der Waals surface area contributed by atoms with Gasteiger partial charge >= 0.3 is 17.9 Å². The molecule has 0 N–H and O–H groups in total. The zero-order valence-corrected chi connectivity index (χ0v) is 40.3. The second-order valence-electron chi connectivity index (χ2n) is 17.8. The lowest BCUT2D eigenvalue weighted by Gasteiger charge is -2.18. The average molecular weight is 846 g/mol. The van der Waals surface area contributed by atoms with Gasteiger partial charge in [0, 0.05) is 19.3 Å². The number of carbonyl (C=O) groups excluding carboxylic acids is 3. The van der Waals surface area contributed by atoms with E-state index >= 15 is 0 Å². The summed E-state index contributed by atoms with van der Waals surface area (Å²) in [6, 6.07) is 0. The first kappa shape index (κ1) is 57.9. The van der Waals surface area contributed by atoms with E-state index in [1.807, 2.05) is 0 Å². The lowest BCUT2D eigenvalue weighted by atomic mass is 10.0. The third kappa shape index (κ3) is 46.9. The van der Waals surface area contributed by atoms with Crippen LogP contribution < -0.4 is 0 Å². The maximum atomic E-state index is 12.6. The Morgan fingerprint density at radius 3 is 1.10 bits per heavy atom. The molecule has 0 spiro atoms. The normalized spacial score (nSPS) is 11.8. The zero-order chi connectivity index (χ0) is 43.8. The SMILES string of the molecule is CCCCCOC(=O)CCCCCCC/C=C\CCCCCCCCC(CCCCCCCC/C=C\CCCCCCCC(=O)OCCCCC)OC(=O)CCCN(C)C. The quantitative estimate of drug-likeness (QED) is 0.0261. The molecule has 0 saturated carbocycles. The van der Waals surface area contributed by atoms with Crippen molar-refractivity contribution in [1.29, 1.82) is 0 Å². The molecule has 7 heteroatoms. The van der Waals surface area contributed by atoms with Gasteiger partial charge in [0.05, 0.1) is 13.2 Å². The Kier molecular flexibility index (Phi) is 46.2. The minimum absolute atomic E-state index is 0.0120. The van der Waals surface area contributed by atoms with Gasteiger partial charge in [0.2, 0.25) is 0 Å². The van der Waals surface area contributed by atoms with Gasteiger partial charge in [-0.1, -0.05) is 154 Å². The summed E-state index contributed by atoms with van der Waals surface area (Å²) in [5.41, 5.74) is 0. The molecule has 0 atom stereocenters. The molecule has 7 nitrogen and oxygen atoms in total. The van der Waals surface area contributed by atoms with E-state index in [1.165, 1.54) is 128 Å². The fourth-order valence-electron chi connectivity index (χ4n) is 7.54. The van der Waals surface area contributed by atoms with Crippen molar-refractivity contribution in [3.05, 3.63) is 24.3 Å². The van der Waals surface area contributed by atoms with Crippen LogP contribution in [0.2, 0.25) is 0 Å². The maximum Gasteiger partial charge on any atom is 0.306 e. The second kappa shape index (κ2) is 47.9. The summed E-state index contributed by atoms with van der Waals surface area (Å²) in [5.74, 6) is -0.0550. The Bertz CT molecular complexity index is 930. The van der Waals surface area contributed by atoms with Gasteiger partial charge in [-0.05, 0) is 130 Å². The number of hydrogen-bond donors (Lipinski definition) is 0. The Labute approximate surface area is 372 Å². The lowest BCUT2D eigenvalue weighted by molar-refractivity contribution is -0.150. The molecule has 0 saturated heterocycles. The van der Waals surface area contributed by atoms with Crippen LogP contribution in [0.3, 0.4) is 0 Å². The van der Waals surface area contributed by atoms with Crippen LogP contribution in [0.15, 0.2) is 24.3 Å². The topological polar surface area (TPSA) is 82.1 Å². The number of rotatable bonds is 47. The van der Waals surface area contributed by atoms with E-state index in [0.717, 1.165) is 103 Å². The maximum absolute atomic E-state index is 12.6. The first-order chi connectivity index (χ1) is 29.4. The summed E-state index contributed by atoms with van der Waals surface area (Å²) in [5, 5.41) is 0. The number of unbranched alkanes of at least 4 members (excludes halogenated alkanes) is 26. The van der Waals surface area contributed by atoms with Gasteiger partial charge < -0.3 is 19.1 Å². The molecule has 0 bridgehead atoms. The van der Waals surface area contributed by atoms with E-state index in [1.54, 1.807) is 0 Å². The van der Waals surface area contributed by atoms with Gasteiger partial charge in [0.25, 0.3) is 0 Å². The van der Waals surface area contributed by atoms with E-state index < -0.39 is 0 Å². The first-order valence-electron chi connectivity index (χ1n) is 25.8. The average Bonchev–Trinajstić information content (AvgIpc) is 3.23. The van der Waals surface area contributed by atoms with Crippen molar-refractivity contribution in [2.24, 2.45) is 0 Å². The zero-order valence-electron chi connectivity index (χ0n) is 40.3. The van der Waals surface area contributed by atoms with E-state index in [0.29, 0.717) is 32.5 Å². The van der Waals surface area contributed by atoms with Gasteiger partial charge in [0.15, 0.2) is 0 Å². The second-order valence-corrected chi connectivity index (χ2v) is 17.8. The Morgan fingerprint density at radius 2 is 0.733 bits per heavy atom. The highest BCUT2D eigenvalue weighted by molar-refractivity contribution is 5.70. The first-order valence-corrected chi connectivity index (χ1v) is 25.8. The highest BCUT2D eigenvalue weighted by Gasteiger charge is 2.14. The molecular formula is C53H99NO6. The predicted molar refractivity (Wildman–Crippen MR) is 255 cm³/mol. The predicted octanol–water partition coefficient (Wildman–Crippen LogP) is 15.5. The summed E-state index contributed by atoms with van der Waals surface area (Å²) in [6.07, 6.45) is 52.0. The minimum Gasteiger partial charge on any atom is -0.466 e. The Morgan fingerprint density at radius 1 is 0.400 bits per heavy atom. The molecule has 0 aromatic carbocycles. The molecular weight excluding hydrogens is 747 g/mol. The summed E-state index contributed by atoms with van der Waals surface area (Å²) >= 11 is 0. The molecule has 0 amide bonds. The molecule has 0 fully saturated rings. The van der Waals surface area contributed by atoms with Gasteiger partial charge in [-0.15, -0.1) is 0 Å². The van der Waals surface area contributed by atoms with Gasteiger partial charge in [-0.25, -0.2) is 0 Å². The third-order valence-corrected chi connectivity index (χ3v) is 11.4. The molecule has 0 aliphatic carbocycles. The van der Waals surface area contributed by atoms with Crippen LogP contribution in [-0.2, 0) is 28.6 Å². The third-order valence-electron chi connectivity index (χ3n) is 11.4. The Hall–Kier alpha value is -2.15. The van der Waals surface area contributed by atoms with E-state index in [2.05, 4.69) is 57.1 Å².